The van der Waals surface area contributed by atoms with Crippen LogP contribution in [0, 0.1) is 12.7 Å². The Morgan fingerprint density at radius 2 is 1.78 bits per heavy atom. The summed E-state index contributed by atoms with van der Waals surface area (Å²) in [6.07, 6.45) is 0. The molecule has 0 amide bonds. The van der Waals surface area contributed by atoms with Crippen molar-refractivity contribution in [3.8, 4) is 0 Å². The van der Waals surface area contributed by atoms with Crippen molar-refractivity contribution in [3.05, 3.63) is 59.4 Å². The molecule has 2 rings (SSSR count). The number of nitrogens with zero attached hydrogens (tertiary/aromatic N) is 1. The van der Waals surface area contributed by atoms with Gasteiger partial charge in [-0.2, -0.15) is 0 Å². The molecule has 0 saturated heterocycles. The highest BCUT2D eigenvalue weighted by Gasteiger charge is 2.09. The van der Waals surface area contributed by atoms with Gasteiger partial charge in [-0.05, 0) is 42.8 Å². The molecule has 0 aliphatic rings. The number of anilines is 2. The molecule has 1 nitrogen and oxygen atoms in total. The largest absolute Gasteiger partial charge is 0.344 e. The molecule has 0 N–H and O–H groups in total. The zero-order chi connectivity index (χ0) is 13.1. The SMILES string of the molecule is Cc1ccc(N(C)c2ccc(F)cc2)c(CCl)c1. The predicted molar refractivity (Wildman–Crippen MR) is 75.2 cm³/mol. The van der Waals surface area contributed by atoms with Gasteiger partial charge < -0.3 is 4.90 Å². The fraction of sp³-hybridized carbons (Fsp3) is 0.200. The van der Waals surface area contributed by atoms with Crippen LogP contribution in [0.2, 0.25) is 0 Å². The molecule has 0 bridgehead atoms. The van der Waals surface area contributed by atoms with Crippen molar-refractivity contribution in [1.29, 1.82) is 0 Å². The van der Waals surface area contributed by atoms with E-state index in [0.717, 1.165) is 16.9 Å². The van der Waals surface area contributed by atoms with E-state index >= 15 is 0 Å². The predicted octanol–water partition coefficient (Wildman–Crippen LogP) is 4.64. The summed E-state index contributed by atoms with van der Waals surface area (Å²) < 4.78 is 12.9. The second-order valence-corrected chi connectivity index (χ2v) is 4.57. The highest BCUT2D eigenvalue weighted by atomic mass is 35.5. The summed E-state index contributed by atoms with van der Waals surface area (Å²) >= 11 is 5.97. The lowest BCUT2D eigenvalue weighted by atomic mass is 10.1. The van der Waals surface area contributed by atoms with E-state index in [2.05, 4.69) is 6.07 Å². The van der Waals surface area contributed by atoms with Crippen LogP contribution in [-0.2, 0) is 5.88 Å². The van der Waals surface area contributed by atoms with Gasteiger partial charge in [-0.15, -0.1) is 11.6 Å². The van der Waals surface area contributed by atoms with Crippen molar-refractivity contribution in [2.24, 2.45) is 0 Å². The maximum Gasteiger partial charge on any atom is 0.123 e. The summed E-state index contributed by atoms with van der Waals surface area (Å²) in [7, 11) is 1.95. The minimum atomic E-state index is -0.228. The molecule has 0 atom stereocenters. The fourth-order valence-electron chi connectivity index (χ4n) is 1.95. The Morgan fingerprint density at radius 3 is 2.39 bits per heavy atom. The van der Waals surface area contributed by atoms with Gasteiger partial charge in [0.05, 0.1) is 0 Å². The highest BCUT2D eigenvalue weighted by molar-refractivity contribution is 6.17. The first-order valence-corrected chi connectivity index (χ1v) is 6.30. The van der Waals surface area contributed by atoms with Gasteiger partial charge in [0.15, 0.2) is 0 Å². The normalized spacial score (nSPS) is 10.4. The Hall–Kier alpha value is -1.54. The summed E-state index contributed by atoms with van der Waals surface area (Å²) in [5.74, 6) is 0.233. The smallest absolute Gasteiger partial charge is 0.123 e. The van der Waals surface area contributed by atoms with Gasteiger partial charge >= 0.3 is 0 Å². The van der Waals surface area contributed by atoms with E-state index in [-0.39, 0.29) is 5.82 Å². The lowest BCUT2D eigenvalue weighted by Crippen LogP contribution is -2.11. The van der Waals surface area contributed by atoms with Gasteiger partial charge in [-0.25, -0.2) is 4.39 Å². The first-order chi connectivity index (χ1) is 8.61. The second kappa shape index (κ2) is 5.40. The maximum absolute atomic E-state index is 12.9. The van der Waals surface area contributed by atoms with Crippen LogP contribution in [0.4, 0.5) is 15.8 Å². The van der Waals surface area contributed by atoms with E-state index < -0.39 is 0 Å². The first kappa shape index (κ1) is 12.9. The van der Waals surface area contributed by atoms with Crippen molar-refractivity contribution in [3.63, 3.8) is 0 Å². The third-order valence-corrected chi connectivity index (χ3v) is 3.24. The number of aryl methyl sites for hydroxylation is 1. The van der Waals surface area contributed by atoms with Crippen LogP contribution >= 0.6 is 11.6 Å². The van der Waals surface area contributed by atoms with E-state index in [4.69, 9.17) is 11.6 Å². The van der Waals surface area contributed by atoms with E-state index in [1.165, 1.54) is 17.7 Å². The summed E-state index contributed by atoms with van der Waals surface area (Å²) in [5.41, 5.74) is 4.24. The Labute approximate surface area is 112 Å². The zero-order valence-electron chi connectivity index (χ0n) is 10.5. The molecule has 0 aromatic heterocycles. The summed E-state index contributed by atoms with van der Waals surface area (Å²) in [5, 5.41) is 0. The molecule has 0 aliphatic carbocycles. The lowest BCUT2D eigenvalue weighted by molar-refractivity contribution is 0.628. The van der Waals surface area contributed by atoms with Crippen LogP contribution in [0.3, 0.4) is 0 Å². The van der Waals surface area contributed by atoms with Crippen molar-refractivity contribution in [2.45, 2.75) is 12.8 Å². The number of hydrogen-bond acceptors (Lipinski definition) is 1. The molecule has 18 heavy (non-hydrogen) atoms. The minimum absolute atomic E-state index is 0.228. The summed E-state index contributed by atoms with van der Waals surface area (Å²) in [6.45, 7) is 2.04. The van der Waals surface area contributed by atoms with Crippen molar-refractivity contribution >= 4 is 23.0 Å². The zero-order valence-corrected chi connectivity index (χ0v) is 11.2. The summed E-state index contributed by atoms with van der Waals surface area (Å²) in [6, 6.07) is 12.6. The van der Waals surface area contributed by atoms with Gasteiger partial charge in [0.1, 0.15) is 5.82 Å². The lowest BCUT2D eigenvalue weighted by Gasteiger charge is -2.22. The third-order valence-electron chi connectivity index (χ3n) is 2.95. The number of hydrogen-bond donors (Lipinski definition) is 0. The third kappa shape index (κ3) is 2.65. The molecule has 0 fully saturated rings. The van der Waals surface area contributed by atoms with Crippen molar-refractivity contribution in [1.82, 2.24) is 0 Å². The highest BCUT2D eigenvalue weighted by Crippen LogP contribution is 2.28. The molecule has 0 saturated carbocycles. The van der Waals surface area contributed by atoms with Gasteiger partial charge in [-0.1, -0.05) is 17.7 Å². The molecule has 2 aromatic rings. The molecule has 94 valence electrons. The standard InChI is InChI=1S/C15H15ClFN/c1-11-3-8-15(12(9-11)10-16)18(2)14-6-4-13(17)5-7-14/h3-9H,10H2,1-2H3. The second-order valence-electron chi connectivity index (χ2n) is 4.30. The monoisotopic (exact) mass is 263 g/mol. The average molecular weight is 264 g/mol. The van der Waals surface area contributed by atoms with E-state index in [1.807, 2.05) is 31.0 Å². The van der Waals surface area contributed by atoms with E-state index in [0.29, 0.717) is 5.88 Å². The quantitative estimate of drug-likeness (QED) is 0.729. The van der Waals surface area contributed by atoms with Crippen LogP contribution in [-0.4, -0.2) is 7.05 Å². The van der Waals surface area contributed by atoms with Crippen molar-refractivity contribution in [2.75, 3.05) is 11.9 Å². The molecule has 0 radical (unpaired) electrons. The van der Waals surface area contributed by atoms with Gasteiger partial charge in [0.25, 0.3) is 0 Å². The van der Waals surface area contributed by atoms with Gasteiger partial charge in [0.2, 0.25) is 0 Å². The Bertz CT molecular complexity index is 537. The van der Waals surface area contributed by atoms with E-state index in [1.54, 1.807) is 12.1 Å². The molecular formula is C15H15ClFN. The molecule has 0 heterocycles. The topological polar surface area (TPSA) is 3.24 Å². The van der Waals surface area contributed by atoms with Crippen LogP contribution < -0.4 is 4.90 Å². The molecule has 2 aromatic carbocycles. The Kier molecular flexibility index (Phi) is 3.87. The number of alkyl halides is 1. The molecule has 0 spiro atoms. The maximum atomic E-state index is 12.9. The molecular weight excluding hydrogens is 249 g/mol. The molecule has 0 unspecified atom stereocenters. The number of rotatable bonds is 3. The van der Waals surface area contributed by atoms with Crippen molar-refractivity contribution < 1.29 is 4.39 Å². The Balaban J connectivity index is 2.39. The van der Waals surface area contributed by atoms with Gasteiger partial charge in [0, 0.05) is 24.3 Å². The molecule has 0 aliphatic heterocycles. The minimum Gasteiger partial charge on any atom is -0.344 e. The number of halogens is 2. The van der Waals surface area contributed by atoms with Gasteiger partial charge in [-0.3, -0.25) is 0 Å². The van der Waals surface area contributed by atoms with E-state index in [9.17, 15) is 4.39 Å². The van der Waals surface area contributed by atoms with Crippen LogP contribution in [0.15, 0.2) is 42.5 Å². The average Bonchev–Trinajstić information content (AvgIpc) is 2.38. The van der Waals surface area contributed by atoms with Crippen LogP contribution in [0.5, 0.6) is 0 Å². The van der Waals surface area contributed by atoms with Crippen LogP contribution in [0.1, 0.15) is 11.1 Å². The fourth-order valence-corrected chi connectivity index (χ4v) is 2.17. The Morgan fingerprint density at radius 1 is 1.11 bits per heavy atom. The van der Waals surface area contributed by atoms with Crippen LogP contribution in [0.25, 0.3) is 0 Å². The number of benzene rings is 2. The molecule has 3 heteroatoms. The summed E-state index contributed by atoms with van der Waals surface area (Å²) in [4.78, 5) is 2.01. The first-order valence-electron chi connectivity index (χ1n) is 5.76.